The zero-order chi connectivity index (χ0) is 21.7. The van der Waals surface area contributed by atoms with Gasteiger partial charge in [-0.15, -0.1) is 0 Å². The number of hydrogen-bond donors (Lipinski definition) is 2. The summed E-state index contributed by atoms with van der Waals surface area (Å²) in [7, 11) is 0. The number of hydrogen-bond acceptors (Lipinski definition) is 4. The molecule has 1 aromatic rings. The average Bonchev–Trinajstić information content (AvgIpc) is 2.84. The topological polar surface area (TPSA) is 73.9 Å². The van der Waals surface area contributed by atoms with E-state index in [2.05, 4.69) is 24.5 Å². The second kappa shape index (κ2) is 10.2. The van der Waals surface area contributed by atoms with Crippen LogP contribution in [0.4, 0.5) is 0 Å². The molecule has 7 nitrogen and oxygen atoms in total. The maximum absolute atomic E-state index is 13.2. The monoisotopic (exact) mass is 432 g/mol. The summed E-state index contributed by atoms with van der Waals surface area (Å²) in [6.45, 7) is 8.22. The van der Waals surface area contributed by atoms with E-state index in [1.165, 1.54) is 0 Å². The number of benzene rings is 1. The van der Waals surface area contributed by atoms with Crippen molar-refractivity contribution in [2.24, 2.45) is 5.92 Å². The van der Waals surface area contributed by atoms with Crippen LogP contribution in [0.2, 0.25) is 0 Å². The number of nitrogens with zero attached hydrogens (tertiary/aromatic N) is 2. The standard InChI is InChI=1S/C22H32N4O3S/c1-15(2)10-25-11-18(29-14-17-7-5-4-6-8-17)12-26(13-20(25)27)21(28)19-9-16(3)23-22(30)24-19/h4-8,15-16,18-19H,9-14H2,1-3H3,(H2,23,24,30)/t16-,18+,19+/m1/s1. The van der Waals surface area contributed by atoms with E-state index in [9.17, 15) is 9.59 Å². The highest BCUT2D eigenvalue weighted by Crippen LogP contribution is 2.16. The molecule has 0 aliphatic carbocycles. The predicted octanol–water partition coefficient (Wildman–Crippen LogP) is 1.52. The van der Waals surface area contributed by atoms with Crippen LogP contribution in [0.25, 0.3) is 0 Å². The Morgan fingerprint density at radius 3 is 2.63 bits per heavy atom. The van der Waals surface area contributed by atoms with Gasteiger partial charge in [0.15, 0.2) is 5.11 Å². The predicted molar refractivity (Wildman–Crippen MR) is 120 cm³/mol. The summed E-state index contributed by atoms with van der Waals surface area (Å²) in [6, 6.07) is 9.63. The average molecular weight is 433 g/mol. The van der Waals surface area contributed by atoms with Gasteiger partial charge in [0.25, 0.3) is 0 Å². The number of nitrogens with one attached hydrogen (secondary N) is 2. The maximum atomic E-state index is 13.2. The molecule has 1 aromatic carbocycles. The highest BCUT2D eigenvalue weighted by Gasteiger charge is 2.36. The number of rotatable bonds is 6. The van der Waals surface area contributed by atoms with Crippen LogP contribution in [0, 0.1) is 5.92 Å². The molecule has 0 spiro atoms. The molecule has 2 heterocycles. The molecule has 2 N–H and O–H groups in total. The van der Waals surface area contributed by atoms with E-state index in [4.69, 9.17) is 17.0 Å². The maximum Gasteiger partial charge on any atom is 0.245 e. The van der Waals surface area contributed by atoms with E-state index in [0.717, 1.165) is 5.56 Å². The first-order valence-electron chi connectivity index (χ1n) is 10.6. The van der Waals surface area contributed by atoms with Crippen molar-refractivity contribution in [2.75, 3.05) is 26.2 Å². The molecular weight excluding hydrogens is 400 g/mol. The van der Waals surface area contributed by atoms with Gasteiger partial charge >= 0.3 is 0 Å². The fourth-order valence-electron chi connectivity index (χ4n) is 3.94. The summed E-state index contributed by atoms with van der Waals surface area (Å²) in [5.41, 5.74) is 1.07. The molecule has 3 atom stereocenters. The fraction of sp³-hybridized carbons (Fsp3) is 0.591. The van der Waals surface area contributed by atoms with Crippen molar-refractivity contribution in [3.05, 3.63) is 35.9 Å². The lowest BCUT2D eigenvalue weighted by atomic mass is 10.0. The zero-order valence-electron chi connectivity index (χ0n) is 18.0. The third-order valence-electron chi connectivity index (χ3n) is 5.32. The van der Waals surface area contributed by atoms with Gasteiger partial charge in [-0.05, 0) is 37.0 Å². The highest BCUT2D eigenvalue weighted by molar-refractivity contribution is 7.80. The van der Waals surface area contributed by atoms with Gasteiger partial charge in [-0.1, -0.05) is 44.2 Å². The summed E-state index contributed by atoms with van der Waals surface area (Å²) >= 11 is 5.22. The quantitative estimate of drug-likeness (QED) is 0.664. The normalized spacial score (nSPS) is 25.0. The second-order valence-corrected chi connectivity index (χ2v) is 9.05. The number of ether oxygens (including phenoxy) is 1. The molecule has 0 saturated carbocycles. The van der Waals surface area contributed by atoms with E-state index < -0.39 is 6.04 Å². The minimum absolute atomic E-state index is 0.0348. The Labute approximate surface area is 184 Å². The molecule has 3 rings (SSSR count). The van der Waals surface area contributed by atoms with Crippen LogP contribution in [0.15, 0.2) is 30.3 Å². The van der Waals surface area contributed by atoms with Crippen LogP contribution in [-0.2, 0) is 20.9 Å². The van der Waals surface area contributed by atoms with Crippen molar-refractivity contribution in [1.82, 2.24) is 20.4 Å². The largest absolute Gasteiger partial charge is 0.370 e. The Morgan fingerprint density at radius 2 is 1.97 bits per heavy atom. The summed E-state index contributed by atoms with van der Waals surface area (Å²) in [5, 5.41) is 6.65. The molecule has 0 bridgehead atoms. The molecular formula is C22H32N4O3S. The van der Waals surface area contributed by atoms with Crippen LogP contribution in [0.5, 0.6) is 0 Å². The Bertz CT molecular complexity index is 758. The van der Waals surface area contributed by atoms with Gasteiger partial charge in [0.1, 0.15) is 6.04 Å². The second-order valence-electron chi connectivity index (χ2n) is 8.64. The molecule has 2 fully saturated rings. The Morgan fingerprint density at radius 1 is 1.23 bits per heavy atom. The zero-order valence-corrected chi connectivity index (χ0v) is 18.8. The first kappa shape index (κ1) is 22.5. The minimum atomic E-state index is -0.423. The molecule has 0 unspecified atom stereocenters. The SMILES string of the molecule is CC(C)CN1C[C@H](OCc2ccccc2)CN(C(=O)[C@@H]2C[C@@H](C)NC(=S)N2)CC1=O. The molecule has 2 aliphatic rings. The smallest absolute Gasteiger partial charge is 0.245 e. The number of carbonyl (C=O) groups is 2. The first-order chi connectivity index (χ1) is 14.3. The van der Waals surface area contributed by atoms with Crippen LogP contribution >= 0.6 is 12.2 Å². The van der Waals surface area contributed by atoms with Crippen LogP contribution in [0.3, 0.4) is 0 Å². The number of amides is 2. The van der Waals surface area contributed by atoms with E-state index >= 15 is 0 Å². The molecule has 0 radical (unpaired) electrons. The molecule has 8 heteroatoms. The molecule has 0 aromatic heterocycles. The van der Waals surface area contributed by atoms with Gasteiger partial charge < -0.3 is 25.2 Å². The van der Waals surface area contributed by atoms with E-state index in [0.29, 0.717) is 43.7 Å². The van der Waals surface area contributed by atoms with Crippen molar-refractivity contribution in [3.63, 3.8) is 0 Å². The summed E-state index contributed by atoms with van der Waals surface area (Å²) in [6.07, 6.45) is 0.375. The molecule has 30 heavy (non-hydrogen) atoms. The van der Waals surface area contributed by atoms with Crippen molar-refractivity contribution in [1.29, 1.82) is 0 Å². The van der Waals surface area contributed by atoms with Crippen molar-refractivity contribution in [2.45, 2.75) is 52.0 Å². The molecule has 164 valence electrons. The minimum Gasteiger partial charge on any atom is -0.370 e. The van der Waals surface area contributed by atoms with Crippen molar-refractivity contribution in [3.8, 4) is 0 Å². The summed E-state index contributed by atoms with van der Waals surface area (Å²) in [4.78, 5) is 29.6. The lowest BCUT2D eigenvalue weighted by Gasteiger charge is -2.34. The van der Waals surface area contributed by atoms with E-state index in [1.807, 2.05) is 42.2 Å². The summed E-state index contributed by atoms with van der Waals surface area (Å²) in [5.74, 6) is 0.210. The molecule has 2 saturated heterocycles. The third kappa shape index (κ3) is 6.15. The summed E-state index contributed by atoms with van der Waals surface area (Å²) < 4.78 is 6.17. The van der Waals surface area contributed by atoms with Crippen LogP contribution < -0.4 is 10.6 Å². The highest BCUT2D eigenvalue weighted by atomic mass is 32.1. The lowest BCUT2D eigenvalue weighted by molar-refractivity contribution is -0.140. The van der Waals surface area contributed by atoms with Gasteiger partial charge in [-0.3, -0.25) is 9.59 Å². The van der Waals surface area contributed by atoms with Gasteiger partial charge in [0.05, 0.1) is 19.3 Å². The third-order valence-corrected chi connectivity index (χ3v) is 5.56. The molecule has 2 aliphatic heterocycles. The van der Waals surface area contributed by atoms with Gasteiger partial charge in [-0.2, -0.15) is 0 Å². The van der Waals surface area contributed by atoms with E-state index in [-0.39, 0.29) is 30.5 Å². The van der Waals surface area contributed by atoms with Crippen LogP contribution in [0.1, 0.15) is 32.8 Å². The Hall–Kier alpha value is -2.19. The van der Waals surface area contributed by atoms with Gasteiger partial charge in [-0.25, -0.2) is 0 Å². The Kier molecular flexibility index (Phi) is 7.66. The van der Waals surface area contributed by atoms with Gasteiger partial charge in [0, 0.05) is 25.7 Å². The van der Waals surface area contributed by atoms with E-state index in [1.54, 1.807) is 4.90 Å². The molecule has 2 amide bonds. The Balaban J connectivity index is 1.73. The first-order valence-corrected chi connectivity index (χ1v) is 11.0. The number of thiocarbonyl (C=S) groups is 1. The van der Waals surface area contributed by atoms with Gasteiger partial charge in [0.2, 0.25) is 11.8 Å². The van der Waals surface area contributed by atoms with Crippen molar-refractivity contribution >= 4 is 29.1 Å². The fourth-order valence-corrected chi connectivity index (χ4v) is 4.28. The van der Waals surface area contributed by atoms with Crippen molar-refractivity contribution < 1.29 is 14.3 Å². The van der Waals surface area contributed by atoms with Crippen LogP contribution in [-0.4, -0.2) is 71.1 Å². The lowest BCUT2D eigenvalue weighted by Crippen LogP contribution is -2.59. The number of carbonyl (C=O) groups excluding carboxylic acids is 2.